The molecule has 2 aromatic rings. The fraction of sp³-hybridized carbons (Fsp3) is 0.500. The van der Waals surface area contributed by atoms with E-state index in [0.717, 1.165) is 25.3 Å². The van der Waals surface area contributed by atoms with Gasteiger partial charge in [0.1, 0.15) is 5.75 Å². The van der Waals surface area contributed by atoms with Crippen LogP contribution in [0.15, 0.2) is 28.8 Å². The highest BCUT2D eigenvalue weighted by Gasteiger charge is 2.33. The first-order valence-electron chi connectivity index (χ1n) is 8.20. The standard InChI is InChI=1S/C16H18F3N3O3S/c17-16(18,19)13-7-3-2-6-12(13)10-15-20-14(21-25-15)11-26(23,24)22-8-4-1-5-9-22/h2-3,6-7H,1,4-5,8-11H2. The van der Waals surface area contributed by atoms with Crippen LogP contribution in [0.25, 0.3) is 0 Å². The highest BCUT2D eigenvalue weighted by atomic mass is 32.2. The van der Waals surface area contributed by atoms with E-state index in [-0.39, 0.29) is 23.7 Å². The van der Waals surface area contributed by atoms with Crippen LogP contribution < -0.4 is 0 Å². The van der Waals surface area contributed by atoms with Crippen LogP contribution in [-0.4, -0.2) is 36.0 Å². The molecule has 0 atom stereocenters. The van der Waals surface area contributed by atoms with E-state index in [2.05, 4.69) is 10.1 Å². The van der Waals surface area contributed by atoms with Gasteiger partial charge in [-0.15, -0.1) is 0 Å². The van der Waals surface area contributed by atoms with E-state index < -0.39 is 27.5 Å². The molecule has 0 N–H and O–H groups in total. The Kier molecular flexibility index (Phi) is 5.33. The predicted molar refractivity (Wildman–Crippen MR) is 86.6 cm³/mol. The van der Waals surface area contributed by atoms with Crippen molar-refractivity contribution in [2.45, 2.75) is 37.6 Å². The maximum Gasteiger partial charge on any atom is 0.416 e. The summed E-state index contributed by atoms with van der Waals surface area (Å²) in [6.45, 7) is 0.929. The molecule has 2 heterocycles. The number of nitrogens with zero attached hydrogens (tertiary/aromatic N) is 3. The third kappa shape index (κ3) is 4.42. The molecule has 0 bridgehead atoms. The van der Waals surface area contributed by atoms with Gasteiger partial charge >= 0.3 is 6.18 Å². The van der Waals surface area contributed by atoms with Gasteiger partial charge in [-0.1, -0.05) is 29.8 Å². The maximum atomic E-state index is 13.0. The van der Waals surface area contributed by atoms with E-state index in [0.29, 0.717) is 13.1 Å². The van der Waals surface area contributed by atoms with Crippen molar-refractivity contribution >= 4 is 10.0 Å². The molecule has 0 saturated carbocycles. The van der Waals surface area contributed by atoms with E-state index in [4.69, 9.17) is 4.52 Å². The van der Waals surface area contributed by atoms with Crippen molar-refractivity contribution in [1.82, 2.24) is 14.4 Å². The van der Waals surface area contributed by atoms with Crippen LogP contribution in [0.1, 0.15) is 42.1 Å². The molecule has 26 heavy (non-hydrogen) atoms. The fourth-order valence-electron chi connectivity index (χ4n) is 2.93. The Bertz CT molecular complexity index is 859. The molecule has 6 nitrogen and oxygen atoms in total. The highest BCUT2D eigenvalue weighted by Crippen LogP contribution is 2.32. The van der Waals surface area contributed by atoms with Gasteiger partial charge in [0.2, 0.25) is 15.9 Å². The molecule has 0 spiro atoms. The van der Waals surface area contributed by atoms with Crippen molar-refractivity contribution in [2.24, 2.45) is 0 Å². The molecular weight excluding hydrogens is 371 g/mol. The summed E-state index contributed by atoms with van der Waals surface area (Å²) in [7, 11) is -3.56. The van der Waals surface area contributed by atoms with E-state index in [1.165, 1.54) is 22.5 Å². The summed E-state index contributed by atoms with van der Waals surface area (Å²) < 4.78 is 70.2. The molecule has 10 heteroatoms. The molecule has 3 rings (SSSR count). The van der Waals surface area contributed by atoms with E-state index in [1.54, 1.807) is 0 Å². The third-order valence-electron chi connectivity index (χ3n) is 4.19. The summed E-state index contributed by atoms with van der Waals surface area (Å²) in [5.74, 6) is -0.516. The van der Waals surface area contributed by atoms with Crippen molar-refractivity contribution in [3.8, 4) is 0 Å². The second-order valence-electron chi connectivity index (χ2n) is 6.15. The zero-order chi connectivity index (χ0) is 18.8. The van der Waals surface area contributed by atoms with Crippen LogP contribution in [-0.2, 0) is 28.4 Å². The number of hydrogen-bond acceptors (Lipinski definition) is 5. The maximum absolute atomic E-state index is 13.0. The second kappa shape index (κ2) is 7.36. The van der Waals surface area contributed by atoms with Crippen LogP contribution >= 0.6 is 0 Å². The van der Waals surface area contributed by atoms with Gasteiger partial charge in [-0.3, -0.25) is 0 Å². The lowest BCUT2D eigenvalue weighted by atomic mass is 10.0. The van der Waals surface area contributed by atoms with Crippen molar-refractivity contribution in [2.75, 3.05) is 13.1 Å². The van der Waals surface area contributed by atoms with Gasteiger partial charge in [0.25, 0.3) is 0 Å². The minimum atomic E-state index is -4.49. The normalized spacial score (nSPS) is 16.7. The Labute approximate surface area is 149 Å². The van der Waals surface area contributed by atoms with Gasteiger partial charge in [-0.25, -0.2) is 12.7 Å². The molecule has 1 aromatic heterocycles. The summed E-state index contributed by atoms with van der Waals surface area (Å²) in [5.41, 5.74) is -0.783. The smallest absolute Gasteiger partial charge is 0.339 e. The van der Waals surface area contributed by atoms with Crippen molar-refractivity contribution < 1.29 is 26.1 Å². The molecule has 0 amide bonds. The van der Waals surface area contributed by atoms with Gasteiger partial charge in [0.15, 0.2) is 5.82 Å². The number of halogens is 3. The van der Waals surface area contributed by atoms with Crippen LogP contribution in [0.5, 0.6) is 0 Å². The summed E-state index contributed by atoms with van der Waals surface area (Å²) in [5, 5.41) is 3.61. The average Bonchev–Trinajstić information content (AvgIpc) is 3.01. The molecular formula is C16H18F3N3O3S. The summed E-state index contributed by atoms with van der Waals surface area (Å²) in [4.78, 5) is 3.96. The number of benzene rings is 1. The molecule has 1 aromatic carbocycles. The summed E-state index contributed by atoms with van der Waals surface area (Å²) in [6.07, 6.45) is -2.09. The minimum absolute atomic E-state index is 0.00547. The van der Waals surface area contributed by atoms with Crippen LogP contribution in [0.3, 0.4) is 0 Å². The number of piperidine rings is 1. The van der Waals surface area contributed by atoms with E-state index >= 15 is 0 Å². The zero-order valence-electron chi connectivity index (χ0n) is 13.9. The molecule has 0 radical (unpaired) electrons. The Morgan fingerprint density at radius 1 is 1.12 bits per heavy atom. The van der Waals surface area contributed by atoms with Gasteiger partial charge in [-0.2, -0.15) is 18.2 Å². The van der Waals surface area contributed by atoms with Gasteiger partial charge in [0.05, 0.1) is 12.0 Å². The van der Waals surface area contributed by atoms with Gasteiger partial charge < -0.3 is 4.52 Å². The van der Waals surface area contributed by atoms with Crippen molar-refractivity contribution in [1.29, 1.82) is 0 Å². The zero-order valence-corrected chi connectivity index (χ0v) is 14.7. The molecule has 1 fully saturated rings. The van der Waals surface area contributed by atoms with E-state index in [9.17, 15) is 21.6 Å². The molecule has 0 aliphatic carbocycles. The van der Waals surface area contributed by atoms with Crippen LogP contribution in [0.4, 0.5) is 13.2 Å². The lowest BCUT2D eigenvalue weighted by Crippen LogP contribution is -2.36. The first-order valence-corrected chi connectivity index (χ1v) is 9.81. The first-order chi connectivity index (χ1) is 12.3. The predicted octanol–water partition coefficient (Wildman–Crippen LogP) is 2.99. The Hall–Kier alpha value is -1.94. The first kappa shape index (κ1) is 18.8. The molecule has 1 aliphatic heterocycles. The second-order valence-corrected chi connectivity index (χ2v) is 8.12. The number of sulfonamides is 1. The lowest BCUT2D eigenvalue weighted by Gasteiger charge is -2.25. The molecule has 142 valence electrons. The number of hydrogen-bond donors (Lipinski definition) is 0. The topological polar surface area (TPSA) is 76.3 Å². The number of rotatable bonds is 5. The third-order valence-corrected chi connectivity index (χ3v) is 5.97. The molecule has 1 aliphatic rings. The minimum Gasteiger partial charge on any atom is -0.339 e. The summed E-state index contributed by atoms with van der Waals surface area (Å²) >= 11 is 0. The SMILES string of the molecule is O=S(=O)(Cc1noc(Cc2ccccc2C(F)(F)F)n1)N1CCCCC1. The van der Waals surface area contributed by atoms with Crippen molar-refractivity contribution in [3.63, 3.8) is 0 Å². The highest BCUT2D eigenvalue weighted by molar-refractivity contribution is 7.88. The largest absolute Gasteiger partial charge is 0.416 e. The average molecular weight is 389 g/mol. The fourth-order valence-corrected chi connectivity index (χ4v) is 4.37. The van der Waals surface area contributed by atoms with Crippen LogP contribution in [0.2, 0.25) is 0 Å². The number of alkyl halides is 3. The van der Waals surface area contributed by atoms with Gasteiger partial charge in [0, 0.05) is 13.1 Å². The van der Waals surface area contributed by atoms with Gasteiger partial charge in [-0.05, 0) is 24.5 Å². The van der Waals surface area contributed by atoms with E-state index in [1.807, 2.05) is 0 Å². The van der Waals surface area contributed by atoms with Crippen molar-refractivity contribution in [3.05, 3.63) is 47.1 Å². The number of aromatic nitrogens is 2. The lowest BCUT2D eigenvalue weighted by molar-refractivity contribution is -0.138. The van der Waals surface area contributed by atoms with Crippen LogP contribution in [0, 0.1) is 0 Å². The Morgan fingerprint density at radius 2 is 1.81 bits per heavy atom. The Balaban J connectivity index is 1.73. The monoisotopic (exact) mass is 389 g/mol. The Morgan fingerprint density at radius 3 is 2.50 bits per heavy atom. The summed E-state index contributed by atoms with van der Waals surface area (Å²) in [6, 6.07) is 5.10. The molecule has 1 saturated heterocycles. The molecule has 0 unspecified atom stereocenters. The quantitative estimate of drug-likeness (QED) is 0.786.